The molecule has 1 aromatic rings. The Labute approximate surface area is 125 Å². The van der Waals surface area contributed by atoms with Crippen molar-refractivity contribution in [2.45, 2.75) is 6.92 Å². The largest absolute Gasteiger partial charge is 0.462 e. The Morgan fingerprint density at radius 3 is 2.09 bits per heavy atom. The molecule has 0 aliphatic rings. The van der Waals surface area contributed by atoms with Gasteiger partial charge in [0.25, 0.3) is 11.8 Å². The topological polar surface area (TPSA) is 161 Å². The smallest absolute Gasteiger partial charge is 0.338 e. The number of ether oxygens (including phenoxy) is 1. The molecular weight excluding hydrogens is 292 g/mol. The average molecular weight is 308 g/mol. The molecule has 1 aromatic carbocycles. The molecule has 1 rings (SSSR count). The van der Waals surface area contributed by atoms with Crippen molar-refractivity contribution in [3.05, 3.63) is 29.8 Å². The number of hydrogen-bond donors (Lipinski definition) is 5. The van der Waals surface area contributed by atoms with Crippen molar-refractivity contribution < 1.29 is 19.1 Å². The number of benzene rings is 1. The average Bonchev–Trinajstić information content (AvgIpc) is 2.55. The number of nitrogens with two attached hydrogens (primary N) is 2. The van der Waals surface area contributed by atoms with E-state index in [1.54, 1.807) is 17.8 Å². The summed E-state index contributed by atoms with van der Waals surface area (Å²) in [7, 11) is 0. The van der Waals surface area contributed by atoms with Gasteiger partial charge >= 0.3 is 5.97 Å². The van der Waals surface area contributed by atoms with Gasteiger partial charge in [-0.15, -0.1) is 0 Å². The third-order valence-electron chi connectivity index (χ3n) is 2.39. The zero-order valence-corrected chi connectivity index (χ0v) is 11.8. The van der Waals surface area contributed by atoms with Gasteiger partial charge in [0.05, 0.1) is 17.9 Å². The van der Waals surface area contributed by atoms with Crippen LogP contribution in [0.4, 0.5) is 5.69 Å². The van der Waals surface area contributed by atoms with E-state index in [1.807, 2.05) is 0 Å². The van der Waals surface area contributed by atoms with Crippen LogP contribution in [-0.2, 0) is 14.3 Å². The van der Waals surface area contributed by atoms with Crippen LogP contribution >= 0.6 is 0 Å². The van der Waals surface area contributed by atoms with Gasteiger partial charge in [0.1, 0.15) is 0 Å². The summed E-state index contributed by atoms with van der Waals surface area (Å²) in [6.07, 6.45) is 0. The quantitative estimate of drug-likeness (QED) is 0.108. The number of hydrogen-bond acceptors (Lipinski definition) is 8. The fraction of sp³-hybridized carbons (Fsp3) is 0.167. The van der Waals surface area contributed by atoms with Crippen LogP contribution in [0, 0.1) is 0 Å². The van der Waals surface area contributed by atoms with Gasteiger partial charge in [-0.1, -0.05) is 0 Å². The third kappa shape index (κ3) is 4.54. The lowest BCUT2D eigenvalue weighted by Crippen LogP contribution is -2.46. The van der Waals surface area contributed by atoms with Crippen molar-refractivity contribution in [2.75, 3.05) is 12.0 Å². The first-order chi connectivity index (χ1) is 10.5. The Morgan fingerprint density at radius 2 is 1.64 bits per heavy atom. The summed E-state index contributed by atoms with van der Waals surface area (Å²) >= 11 is 0. The summed E-state index contributed by atoms with van der Waals surface area (Å²) in [5.41, 5.74) is 6.24. The zero-order valence-electron chi connectivity index (χ0n) is 11.8. The van der Waals surface area contributed by atoms with E-state index < -0.39 is 23.5 Å². The highest BCUT2D eigenvalue weighted by Crippen LogP contribution is 2.10. The second kappa shape index (κ2) is 8.34. The molecule has 118 valence electrons. The SMILES string of the molecule is CCOC(=O)c1ccc(NN=C(C(=O)NN)C(=O)NN)cc1. The van der Waals surface area contributed by atoms with Crippen LogP contribution in [0.25, 0.3) is 0 Å². The van der Waals surface area contributed by atoms with Gasteiger partial charge in [-0.25, -0.2) is 16.5 Å². The molecule has 10 nitrogen and oxygen atoms in total. The molecule has 0 atom stereocenters. The van der Waals surface area contributed by atoms with Gasteiger partial charge in [0, 0.05) is 0 Å². The lowest BCUT2D eigenvalue weighted by atomic mass is 10.2. The highest BCUT2D eigenvalue weighted by atomic mass is 16.5. The first-order valence-corrected chi connectivity index (χ1v) is 6.16. The molecule has 0 spiro atoms. The predicted octanol–water partition coefficient (Wildman–Crippen LogP) is -1.39. The van der Waals surface area contributed by atoms with E-state index in [9.17, 15) is 14.4 Å². The Balaban J connectivity index is 2.85. The van der Waals surface area contributed by atoms with Gasteiger partial charge in [-0.2, -0.15) is 5.10 Å². The van der Waals surface area contributed by atoms with Crippen molar-refractivity contribution in [2.24, 2.45) is 16.8 Å². The molecule has 0 aliphatic carbocycles. The Bertz CT molecular complexity index is 566. The van der Waals surface area contributed by atoms with Crippen molar-refractivity contribution in [3.63, 3.8) is 0 Å². The number of carbonyl (C=O) groups excluding carboxylic acids is 3. The normalized spacial score (nSPS) is 9.41. The first-order valence-electron chi connectivity index (χ1n) is 6.16. The second-order valence-corrected chi connectivity index (χ2v) is 3.82. The number of carbonyl (C=O) groups is 3. The highest BCUT2D eigenvalue weighted by Gasteiger charge is 2.18. The van der Waals surface area contributed by atoms with Gasteiger partial charge < -0.3 is 4.74 Å². The molecule has 0 bridgehead atoms. The van der Waals surface area contributed by atoms with E-state index in [0.717, 1.165) is 0 Å². The van der Waals surface area contributed by atoms with Crippen LogP contribution in [-0.4, -0.2) is 30.1 Å². The standard InChI is InChI=1S/C12H16N6O4/c1-2-22-12(21)7-3-5-8(6-4-7)17-18-9(10(19)15-13)11(20)16-14/h3-6,17H,2,13-14H2,1H3,(H,15,19)(H,16,20). The van der Waals surface area contributed by atoms with E-state index in [-0.39, 0.29) is 6.61 Å². The van der Waals surface area contributed by atoms with Crippen molar-refractivity contribution in [1.29, 1.82) is 0 Å². The minimum Gasteiger partial charge on any atom is -0.462 e. The Morgan fingerprint density at radius 1 is 1.09 bits per heavy atom. The monoisotopic (exact) mass is 308 g/mol. The fourth-order valence-electron chi connectivity index (χ4n) is 1.36. The molecule has 0 saturated carbocycles. The minimum atomic E-state index is -0.918. The minimum absolute atomic E-state index is 0.273. The van der Waals surface area contributed by atoms with Gasteiger partial charge in [-0.3, -0.25) is 25.9 Å². The summed E-state index contributed by atoms with van der Waals surface area (Å²) in [4.78, 5) is 34.2. The molecule has 0 unspecified atom stereocenters. The third-order valence-corrected chi connectivity index (χ3v) is 2.39. The number of rotatable bonds is 6. The second-order valence-electron chi connectivity index (χ2n) is 3.82. The number of hydrazine groups is 2. The molecule has 2 amide bonds. The molecule has 0 heterocycles. The summed E-state index contributed by atoms with van der Waals surface area (Å²) in [6, 6.07) is 6.05. The Kier molecular flexibility index (Phi) is 6.47. The van der Waals surface area contributed by atoms with E-state index in [0.29, 0.717) is 11.3 Å². The van der Waals surface area contributed by atoms with E-state index in [1.165, 1.54) is 24.3 Å². The van der Waals surface area contributed by atoms with Crippen LogP contribution in [0.15, 0.2) is 29.4 Å². The molecular formula is C12H16N6O4. The van der Waals surface area contributed by atoms with Crippen molar-refractivity contribution >= 4 is 29.2 Å². The molecule has 0 aromatic heterocycles. The molecule has 0 saturated heterocycles. The number of nitrogens with zero attached hydrogens (tertiary/aromatic N) is 1. The molecule has 0 radical (unpaired) electrons. The van der Waals surface area contributed by atoms with E-state index in [4.69, 9.17) is 16.4 Å². The van der Waals surface area contributed by atoms with Gasteiger partial charge in [-0.05, 0) is 31.2 Å². The van der Waals surface area contributed by atoms with Gasteiger partial charge in [0.2, 0.25) is 5.71 Å². The van der Waals surface area contributed by atoms with Crippen molar-refractivity contribution in [1.82, 2.24) is 10.9 Å². The first kappa shape index (κ1) is 17.1. The maximum absolute atomic E-state index is 11.5. The number of anilines is 1. The molecule has 22 heavy (non-hydrogen) atoms. The lowest BCUT2D eigenvalue weighted by molar-refractivity contribution is -0.119. The Hall–Kier alpha value is -2.98. The maximum Gasteiger partial charge on any atom is 0.338 e. The summed E-state index contributed by atoms with van der Waals surface area (Å²) < 4.78 is 4.84. The molecule has 7 N–H and O–H groups in total. The summed E-state index contributed by atoms with van der Waals surface area (Å²) in [5, 5.41) is 3.61. The lowest BCUT2D eigenvalue weighted by Gasteiger charge is -2.06. The highest BCUT2D eigenvalue weighted by molar-refractivity contribution is 6.65. The number of esters is 1. The molecule has 0 aliphatic heterocycles. The van der Waals surface area contributed by atoms with Crippen LogP contribution in [0.5, 0.6) is 0 Å². The van der Waals surface area contributed by atoms with E-state index >= 15 is 0 Å². The maximum atomic E-state index is 11.5. The van der Waals surface area contributed by atoms with Crippen LogP contribution in [0.1, 0.15) is 17.3 Å². The fourth-order valence-corrected chi connectivity index (χ4v) is 1.36. The number of amides is 2. The number of nitrogens with one attached hydrogen (secondary N) is 3. The predicted molar refractivity (Wildman–Crippen MR) is 78.1 cm³/mol. The van der Waals surface area contributed by atoms with Gasteiger partial charge in [0.15, 0.2) is 0 Å². The molecule has 0 fully saturated rings. The molecule has 10 heteroatoms. The summed E-state index contributed by atoms with van der Waals surface area (Å²) in [6.45, 7) is 1.98. The van der Waals surface area contributed by atoms with Crippen LogP contribution < -0.4 is 28.0 Å². The van der Waals surface area contributed by atoms with Crippen molar-refractivity contribution in [3.8, 4) is 0 Å². The van der Waals surface area contributed by atoms with Crippen LogP contribution in [0.3, 0.4) is 0 Å². The van der Waals surface area contributed by atoms with E-state index in [2.05, 4.69) is 10.5 Å². The zero-order chi connectivity index (χ0) is 16.5. The van der Waals surface area contributed by atoms with Crippen LogP contribution in [0.2, 0.25) is 0 Å². The summed E-state index contributed by atoms with van der Waals surface area (Å²) in [5.74, 6) is 7.58. The number of hydrazone groups is 1.